The van der Waals surface area contributed by atoms with Crippen LogP contribution in [0.4, 0.5) is 0 Å². The average molecular weight is 335 g/mol. The number of ether oxygens (including phenoxy) is 1. The molecule has 0 spiro atoms. The molecule has 0 saturated carbocycles. The summed E-state index contributed by atoms with van der Waals surface area (Å²) in [6.45, 7) is 4.39. The third-order valence-corrected chi connectivity index (χ3v) is 4.34. The first-order chi connectivity index (χ1) is 12.0. The zero-order chi connectivity index (χ0) is 18.0. The van der Waals surface area contributed by atoms with E-state index in [0.717, 1.165) is 5.56 Å². The number of fused-ring (bicyclic) bond motifs is 1. The van der Waals surface area contributed by atoms with E-state index in [4.69, 9.17) is 4.74 Å². The molecule has 0 aliphatic rings. The van der Waals surface area contributed by atoms with Gasteiger partial charge in [0.15, 0.2) is 0 Å². The third-order valence-electron chi connectivity index (χ3n) is 4.34. The Labute approximate surface area is 146 Å². The van der Waals surface area contributed by atoms with Crippen molar-refractivity contribution in [1.29, 1.82) is 0 Å². The first kappa shape index (κ1) is 17.0. The standard InChI is InChI=1S/C21H21NO3/c1-14(2)19-18(21(24)25-3)16-11-7-8-12-17(16)20(23)22(19)13-15-9-5-4-6-10-15/h4-12,14H,13H2,1-3H3. The van der Waals surface area contributed by atoms with Gasteiger partial charge in [0.2, 0.25) is 0 Å². The third kappa shape index (κ3) is 3.07. The summed E-state index contributed by atoms with van der Waals surface area (Å²) >= 11 is 0. The number of nitrogens with zero attached hydrogens (tertiary/aromatic N) is 1. The molecule has 0 amide bonds. The van der Waals surface area contributed by atoms with Crippen molar-refractivity contribution in [1.82, 2.24) is 4.57 Å². The summed E-state index contributed by atoms with van der Waals surface area (Å²) in [6.07, 6.45) is 0. The molecule has 0 atom stereocenters. The number of esters is 1. The van der Waals surface area contributed by atoms with E-state index >= 15 is 0 Å². The normalized spacial score (nSPS) is 11.0. The van der Waals surface area contributed by atoms with Crippen molar-refractivity contribution in [3.8, 4) is 0 Å². The Hall–Kier alpha value is -2.88. The minimum Gasteiger partial charge on any atom is -0.465 e. The van der Waals surface area contributed by atoms with Gasteiger partial charge in [0.25, 0.3) is 5.56 Å². The van der Waals surface area contributed by atoms with E-state index in [2.05, 4.69) is 0 Å². The van der Waals surface area contributed by atoms with Gasteiger partial charge in [-0.25, -0.2) is 4.79 Å². The summed E-state index contributed by atoms with van der Waals surface area (Å²) in [5.41, 5.74) is 2.11. The maximum atomic E-state index is 13.1. The van der Waals surface area contributed by atoms with Crippen molar-refractivity contribution in [2.24, 2.45) is 0 Å². The highest BCUT2D eigenvalue weighted by atomic mass is 16.5. The molecule has 0 saturated heterocycles. The lowest BCUT2D eigenvalue weighted by Gasteiger charge is -2.21. The van der Waals surface area contributed by atoms with Gasteiger partial charge in [-0.3, -0.25) is 4.79 Å². The predicted molar refractivity (Wildman–Crippen MR) is 99.2 cm³/mol. The Morgan fingerprint density at radius 2 is 1.60 bits per heavy atom. The maximum Gasteiger partial charge on any atom is 0.340 e. The molecule has 0 unspecified atom stereocenters. The van der Waals surface area contributed by atoms with Crippen LogP contribution in [0.5, 0.6) is 0 Å². The van der Waals surface area contributed by atoms with Crippen LogP contribution >= 0.6 is 0 Å². The van der Waals surface area contributed by atoms with Crippen molar-refractivity contribution >= 4 is 16.7 Å². The van der Waals surface area contributed by atoms with Gasteiger partial charge in [-0.2, -0.15) is 0 Å². The number of carbonyl (C=O) groups is 1. The highest BCUT2D eigenvalue weighted by molar-refractivity contribution is 6.05. The number of rotatable bonds is 4. The van der Waals surface area contributed by atoms with Crippen LogP contribution < -0.4 is 5.56 Å². The molecule has 0 N–H and O–H groups in total. The van der Waals surface area contributed by atoms with Gasteiger partial charge in [0, 0.05) is 16.5 Å². The van der Waals surface area contributed by atoms with E-state index in [1.54, 1.807) is 10.6 Å². The lowest BCUT2D eigenvalue weighted by Crippen LogP contribution is -2.28. The van der Waals surface area contributed by atoms with Crippen molar-refractivity contribution in [3.05, 3.63) is 81.8 Å². The molecule has 0 radical (unpaired) electrons. The smallest absolute Gasteiger partial charge is 0.340 e. The zero-order valence-corrected chi connectivity index (χ0v) is 14.7. The number of aromatic nitrogens is 1. The second kappa shape index (κ2) is 6.93. The molecule has 3 rings (SSSR count). The summed E-state index contributed by atoms with van der Waals surface area (Å²) in [7, 11) is 1.37. The molecule has 1 heterocycles. The fourth-order valence-corrected chi connectivity index (χ4v) is 3.26. The fraction of sp³-hybridized carbons (Fsp3) is 0.238. The molecule has 2 aromatic carbocycles. The molecule has 0 fully saturated rings. The molecule has 128 valence electrons. The molecule has 0 aliphatic carbocycles. The summed E-state index contributed by atoms with van der Waals surface area (Å²) in [5.74, 6) is -0.420. The van der Waals surface area contributed by atoms with Gasteiger partial charge in [-0.05, 0) is 17.5 Å². The molecule has 4 nitrogen and oxygen atoms in total. The van der Waals surface area contributed by atoms with E-state index in [9.17, 15) is 9.59 Å². The quantitative estimate of drug-likeness (QED) is 0.678. The summed E-state index contributed by atoms with van der Waals surface area (Å²) < 4.78 is 6.73. The monoisotopic (exact) mass is 335 g/mol. The van der Waals surface area contributed by atoms with Crippen LogP contribution in [-0.4, -0.2) is 17.6 Å². The number of methoxy groups -OCH3 is 1. The molecular formula is C21H21NO3. The van der Waals surface area contributed by atoms with Crippen LogP contribution in [0.15, 0.2) is 59.4 Å². The highest BCUT2D eigenvalue weighted by Crippen LogP contribution is 2.27. The molecule has 3 aromatic rings. The number of carbonyl (C=O) groups excluding carboxylic acids is 1. The molecule has 4 heteroatoms. The number of benzene rings is 2. The second-order valence-electron chi connectivity index (χ2n) is 6.33. The SMILES string of the molecule is COC(=O)c1c(C(C)C)n(Cc2ccccc2)c(=O)c2ccccc12. The Balaban J connectivity index is 2.38. The van der Waals surface area contributed by atoms with Gasteiger partial charge in [0.1, 0.15) is 0 Å². The van der Waals surface area contributed by atoms with E-state index in [0.29, 0.717) is 28.6 Å². The zero-order valence-electron chi connectivity index (χ0n) is 14.7. The lowest BCUT2D eigenvalue weighted by atomic mass is 9.96. The largest absolute Gasteiger partial charge is 0.465 e. The summed E-state index contributed by atoms with van der Waals surface area (Å²) in [5, 5.41) is 1.18. The van der Waals surface area contributed by atoms with Crippen LogP contribution in [0.1, 0.15) is 41.4 Å². The van der Waals surface area contributed by atoms with Crippen LogP contribution in [0.2, 0.25) is 0 Å². The van der Waals surface area contributed by atoms with Crippen molar-refractivity contribution < 1.29 is 9.53 Å². The van der Waals surface area contributed by atoms with E-state index < -0.39 is 5.97 Å². The predicted octanol–water partition coefficient (Wildman–Crippen LogP) is 3.96. The van der Waals surface area contributed by atoms with E-state index in [1.165, 1.54) is 7.11 Å². The molecule has 0 aliphatic heterocycles. The van der Waals surface area contributed by atoms with Crippen LogP contribution in [0, 0.1) is 0 Å². The Morgan fingerprint density at radius 3 is 2.20 bits per heavy atom. The second-order valence-corrected chi connectivity index (χ2v) is 6.33. The minimum atomic E-state index is -0.415. The van der Waals surface area contributed by atoms with E-state index in [1.807, 2.05) is 62.4 Å². The van der Waals surface area contributed by atoms with Gasteiger partial charge < -0.3 is 9.30 Å². The fourth-order valence-electron chi connectivity index (χ4n) is 3.26. The topological polar surface area (TPSA) is 48.3 Å². The first-order valence-electron chi connectivity index (χ1n) is 8.32. The van der Waals surface area contributed by atoms with Crippen molar-refractivity contribution in [2.45, 2.75) is 26.3 Å². The van der Waals surface area contributed by atoms with Crippen molar-refractivity contribution in [2.75, 3.05) is 7.11 Å². The Morgan fingerprint density at radius 1 is 1.00 bits per heavy atom. The van der Waals surface area contributed by atoms with Crippen LogP contribution in [0.25, 0.3) is 10.8 Å². The average Bonchev–Trinajstić information content (AvgIpc) is 2.63. The molecule has 1 aromatic heterocycles. The van der Waals surface area contributed by atoms with Crippen LogP contribution in [0.3, 0.4) is 0 Å². The molecule has 0 bridgehead atoms. The Bertz CT molecular complexity index is 972. The van der Waals surface area contributed by atoms with Gasteiger partial charge in [0.05, 0.1) is 19.2 Å². The van der Waals surface area contributed by atoms with Gasteiger partial charge in [-0.15, -0.1) is 0 Å². The van der Waals surface area contributed by atoms with Crippen molar-refractivity contribution in [3.63, 3.8) is 0 Å². The first-order valence-corrected chi connectivity index (χ1v) is 8.32. The van der Waals surface area contributed by atoms with Gasteiger partial charge >= 0.3 is 5.97 Å². The summed E-state index contributed by atoms with van der Waals surface area (Å²) in [6, 6.07) is 17.0. The number of hydrogen-bond donors (Lipinski definition) is 0. The van der Waals surface area contributed by atoms with Gasteiger partial charge in [-0.1, -0.05) is 62.4 Å². The van der Waals surface area contributed by atoms with E-state index in [-0.39, 0.29) is 11.5 Å². The number of hydrogen-bond acceptors (Lipinski definition) is 3. The Kier molecular flexibility index (Phi) is 4.70. The maximum absolute atomic E-state index is 13.1. The minimum absolute atomic E-state index is 0.00452. The summed E-state index contributed by atoms with van der Waals surface area (Å²) in [4.78, 5) is 25.7. The van der Waals surface area contributed by atoms with Crippen LogP contribution in [-0.2, 0) is 11.3 Å². The highest BCUT2D eigenvalue weighted by Gasteiger charge is 2.24. The number of pyridine rings is 1. The molecule has 25 heavy (non-hydrogen) atoms. The molecular weight excluding hydrogens is 314 g/mol. The lowest BCUT2D eigenvalue weighted by molar-refractivity contribution is 0.0600.